The van der Waals surface area contributed by atoms with Crippen molar-refractivity contribution in [3.05, 3.63) is 36.3 Å². The molecule has 134 valence electrons. The van der Waals surface area contributed by atoms with Gasteiger partial charge in [-0.25, -0.2) is 4.39 Å². The third kappa shape index (κ3) is 4.45. The number of rotatable bonds is 3. The minimum absolute atomic E-state index is 0.209. The fourth-order valence-corrected chi connectivity index (χ4v) is 3.08. The topological polar surface area (TPSA) is 45.7 Å². The van der Waals surface area contributed by atoms with E-state index in [0.717, 1.165) is 42.8 Å². The van der Waals surface area contributed by atoms with Crippen LogP contribution < -0.4 is 4.90 Å². The SMILES string of the molecule is CC(C)(C)OC(=O)CN1CCN(c2cc(F)cc3cccnc23)CC1. The lowest BCUT2D eigenvalue weighted by Crippen LogP contribution is -2.48. The average Bonchev–Trinajstić information content (AvgIpc) is 2.53. The van der Waals surface area contributed by atoms with Crippen LogP contribution in [-0.2, 0) is 9.53 Å². The van der Waals surface area contributed by atoms with E-state index in [-0.39, 0.29) is 18.3 Å². The number of ether oxygens (including phenoxy) is 1. The zero-order valence-corrected chi connectivity index (χ0v) is 15.0. The average molecular weight is 345 g/mol. The molecule has 0 spiro atoms. The van der Waals surface area contributed by atoms with Crippen molar-refractivity contribution >= 4 is 22.6 Å². The number of benzene rings is 1. The molecule has 1 fully saturated rings. The maximum Gasteiger partial charge on any atom is 0.320 e. The first kappa shape index (κ1) is 17.6. The first-order chi connectivity index (χ1) is 11.8. The number of pyridine rings is 1. The number of esters is 1. The molecule has 25 heavy (non-hydrogen) atoms. The molecule has 2 heterocycles. The van der Waals surface area contributed by atoms with E-state index in [9.17, 15) is 9.18 Å². The van der Waals surface area contributed by atoms with Gasteiger partial charge < -0.3 is 9.64 Å². The summed E-state index contributed by atoms with van der Waals surface area (Å²) in [7, 11) is 0. The van der Waals surface area contributed by atoms with Crippen molar-refractivity contribution in [2.45, 2.75) is 26.4 Å². The summed E-state index contributed by atoms with van der Waals surface area (Å²) in [6, 6.07) is 6.72. The van der Waals surface area contributed by atoms with Crippen molar-refractivity contribution in [2.24, 2.45) is 0 Å². The summed E-state index contributed by atoms with van der Waals surface area (Å²) in [5.41, 5.74) is 1.16. The Kier molecular flexibility index (Phi) is 4.90. The summed E-state index contributed by atoms with van der Waals surface area (Å²) in [5, 5.41) is 0.800. The van der Waals surface area contributed by atoms with E-state index in [1.54, 1.807) is 12.3 Å². The van der Waals surface area contributed by atoms with Crippen molar-refractivity contribution in [3.63, 3.8) is 0 Å². The number of anilines is 1. The number of carbonyl (C=O) groups is 1. The molecule has 1 saturated heterocycles. The fraction of sp³-hybridized carbons (Fsp3) is 0.474. The minimum Gasteiger partial charge on any atom is -0.459 e. The Morgan fingerprint density at radius 1 is 1.24 bits per heavy atom. The van der Waals surface area contributed by atoms with Gasteiger partial charge in [-0.1, -0.05) is 6.07 Å². The van der Waals surface area contributed by atoms with Crippen molar-refractivity contribution in [1.29, 1.82) is 0 Å². The van der Waals surface area contributed by atoms with E-state index >= 15 is 0 Å². The van der Waals surface area contributed by atoms with Gasteiger partial charge in [0.25, 0.3) is 0 Å². The number of nitrogens with zero attached hydrogens (tertiary/aromatic N) is 3. The van der Waals surface area contributed by atoms with E-state index in [0.29, 0.717) is 0 Å². The Morgan fingerprint density at radius 3 is 2.64 bits per heavy atom. The Bertz CT molecular complexity index is 765. The minimum atomic E-state index is -0.467. The molecule has 1 aliphatic heterocycles. The predicted molar refractivity (Wildman–Crippen MR) is 96.2 cm³/mol. The predicted octanol–water partition coefficient (Wildman–Crippen LogP) is 2.84. The molecule has 2 aromatic rings. The largest absolute Gasteiger partial charge is 0.459 e. The number of piperazine rings is 1. The van der Waals surface area contributed by atoms with Crippen LogP contribution in [-0.4, -0.2) is 54.2 Å². The third-order valence-electron chi connectivity index (χ3n) is 4.14. The van der Waals surface area contributed by atoms with Crippen molar-refractivity contribution in [2.75, 3.05) is 37.6 Å². The van der Waals surface area contributed by atoms with Gasteiger partial charge in [0.2, 0.25) is 0 Å². The lowest BCUT2D eigenvalue weighted by Gasteiger charge is -2.36. The third-order valence-corrected chi connectivity index (χ3v) is 4.14. The zero-order chi connectivity index (χ0) is 18.0. The molecule has 0 N–H and O–H groups in total. The molecule has 0 unspecified atom stereocenters. The molecule has 0 bridgehead atoms. The Labute approximate surface area is 147 Å². The normalized spacial score (nSPS) is 16.2. The first-order valence-electron chi connectivity index (χ1n) is 8.55. The summed E-state index contributed by atoms with van der Waals surface area (Å²) in [6.45, 7) is 8.78. The molecule has 1 aromatic carbocycles. The van der Waals surface area contributed by atoms with Gasteiger partial charge in [-0.3, -0.25) is 14.7 Å². The van der Waals surface area contributed by atoms with Crippen LogP contribution in [0, 0.1) is 5.82 Å². The summed E-state index contributed by atoms with van der Waals surface area (Å²) < 4.78 is 19.3. The maximum atomic E-state index is 13.9. The molecule has 1 aromatic heterocycles. The van der Waals surface area contributed by atoms with Crippen molar-refractivity contribution in [3.8, 4) is 0 Å². The summed E-state index contributed by atoms with van der Waals surface area (Å²) in [5.74, 6) is -0.467. The molecule has 6 heteroatoms. The first-order valence-corrected chi connectivity index (χ1v) is 8.55. The molecule has 1 aliphatic rings. The van der Waals surface area contributed by atoms with E-state index in [4.69, 9.17) is 4.74 Å². The smallest absolute Gasteiger partial charge is 0.320 e. The molecule has 0 atom stereocenters. The highest BCUT2D eigenvalue weighted by atomic mass is 19.1. The standard InChI is InChI=1S/C19H24FN3O2/c1-19(2,3)25-17(24)13-22-7-9-23(10-8-22)16-12-15(20)11-14-5-4-6-21-18(14)16/h4-6,11-12H,7-10,13H2,1-3H3. The zero-order valence-electron chi connectivity index (χ0n) is 15.0. The summed E-state index contributed by atoms with van der Waals surface area (Å²) in [6.07, 6.45) is 1.72. The number of hydrogen-bond acceptors (Lipinski definition) is 5. The van der Waals surface area contributed by atoms with Crippen LogP contribution in [0.25, 0.3) is 10.9 Å². The van der Waals surface area contributed by atoms with Crippen molar-refractivity contribution in [1.82, 2.24) is 9.88 Å². The van der Waals surface area contributed by atoms with Gasteiger partial charge in [0.1, 0.15) is 11.4 Å². The van der Waals surface area contributed by atoms with E-state index in [2.05, 4.69) is 14.8 Å². The highest BCUT2D eigenvalue weighted by molar-refractivity contribution is 5.90. The molecular formula is C19H24FN3O2. The monoisotopic (exact) mass is 345 g/mol. The Morgan fingerprint density at radius 2 is 1.96 bits per heavy atom. The van der Waals surface area contributed by atoms with Gasteiger partial charge in [-0.05, 0) is 39.0 Å². The van der Waals surface area contributed by atoms with Crippen LogP contribution in [0.15, 0.2) is 30.5 Å². The quantitative estimate of drug-likeness (QED) is 0.801. The highest BCUT2D eigenvalue weighted by Crippen LogP contribution is 2.27. The molecule has 3 rings (SSSR count). The molecule has 5 nitrogen and oxygen atoms in total. The lowest BCUT2D eigenvalue weighted by atomic mass is 10.1. The molecular weight excluding hydrogens is 321 g/mol. The van der Waals surface area contributed by atoms with E-state index < -0.39 is 5.60 Å². The maximum absolute atomic E-state index is 13.9. The number of fused-ring (bicyclic) bond motifs is 1. The van der Waals surface area contributed by atoms with Gasteiger partial charge in [0, 0.05) is 37.8 Å². The number of carbonyl (C=O) groups excluding carboxylic acids is 1. The molecule has 0 aliphatic carbocycles. The van der Waals surface area contributed by atoms with Crippen LogP contribution in [0.3, 0.4) is 0 Å². The number of hydrogen-bond donors (Lipinski definition) is 0. The van der Waals surface area contributed by atoms with Gasteiger partial charge >= 0.3 is 5.97 Å². The Hall–Kier alpha value is -2.21. The fourth-order valence-electron chi connectivity index (χ4n) is 3.08. The number of halogens is 1. The second-order valence-electron chi connectivity index (χ2n) is 7.35. The lowest BCUT2D eigenvalue weighted by molar-refractivity contribution is -0.156. The van der Waals surface area contributed by atoms with Crippen LogP contribution in [0.4, 0.5) is 10.1 Å². The number of aromatic nitrogens is 1. The van der Waals surface area contributed by atoms with Crippen molar-refractivity contribution < 1.29 is 13.9 Å². The van der Waals surface area contributed by atoms with Crippen LogP contribution in [0.5, 0.6) is 0 Å². The summed E-state index contributed by atoms with van der Waals surface area (Å²) in [4.78, 5) is 20.6. The second kappa shape index (κ2) is 6.96. The van der Waals surface area contributed by atoms with Crippen LogP contribution in [0.1, 0.15) is 20.8 Å². The molecule has 0 radical (unpaired) electrons. The molecule has 0 saturated carbocycles. The van der Waals surface area contributed by atoms with Gasteiger partial charge in [0.05, 0.1) is 17.7 Å². The second-order valence-corrected chi connectivity index (χ2v) is 7.35. The van der Waals surface area contributed by atoms with E-state index in [1.165, 1.54) is 6.07 Å². The van der Waals surface area contributed by atoms with Gasteiger partial charge in [-0.2, -0.15) is 0 Å². The van der Waals surface area contributed by atoms with Crippen LogP contribution >= 0.6 is 0 Å². The van der Waals surface area contributed by atoms with Gasteiger partial charge in [-0.15, -0.1) is 0 Å². The highest BCUT2D eigenvalue weighted by Gasteiger charge is 2.23. The van der Waals surface area contributed by atoms with Gasteiger partial charge in [0.15, 0.2) is 0 Å². The van der Waals surface area contributed by atoms with E-state index in [1.807, 2.05) is 32.9 Å². The van der Waals surface area contributed by atoms with Crippen LogP contribution in [0.2, 0.25) is 0 Å². The Balaban J connectivity index is 1.66. The summed E-state index contributed by atoms with van der Waals surface area (Å²) >= 11 is 0. The molecule has 0 amide bonds.